The van der Waals surface area contributed by atoms with Crippen molar-refractivity contribution in [2.75, 3.05) is 18.0 Å². The molecule has 0 saturated carbocycles. The maximum atomic E-state index is 6.54. The lowest BCUT2D eigenvalue weighted by atomic mass is 9.97. The fraction of sp³-hybridized carbons (Fsp3) is 0.667. The van der Waals surface area contributed by atoms with Crippen LogP contribution in [0.15, 0.2) is 18.2 Å². The molecule has 0 bridgehead atoms. The average Bonchev–Trinajstić information content (AvgIpc) is 2.48. The van der Waals surface area contributed by atoms with Gasteiger partial charge in [0.1, 0.15) is 0 Å². The van der Waals surface area contributed by atoms with Crippen LogP contribution in [0.5, 0.6) is 0 Å². The van der Waals surface area contributed by atoms with Gasteiger partial charge >= 0.3 is 0 Å². The SMILES string of the molecule is CCCC1CCCCN1c1ccc(C(C)NCC)c(Cl)c1. The van der Waals surface area contributed by atoms with Gasteiger partial charge in [0.25, 0.3) is 0 Å². The monoisotopic (exact) mass is 308 g/mol. The van der Waals surface area contributed by atoms with Crippen LogP contribution in [0.3, 0.4) is 0 Å². The van der Waals surface area contributed by atoms with Crippen molar-refractivity contribution in [1.29, 1.82) is 0 Å². The Morgan fingerprint density at radius 1 is 1.33 bits per heavy atom. The van der Waals surface area contributed by atoms with Gasteiger partial charge in [-0.25, -0.2) is 0 Å². The Kier molecular flexibility index (Phi) is 6.38. The Balaban J connectivity index is 2.17. The molecule has 0 aromatic heterocycles. The summed E-state index contributed by atoms with van der Waals surface area (Å²) >= 11 is 6.54. The highest BCUT2D eigenvalue weighted by Crippen LogP contribution is 2.32. The quantitative estimate of drug-likeness (QED) is 0.780. The van der Waals surface area contributed by atoms with E-state index in [0.717, 1.165) is 11.6 Å². The predicted molar refractivity (Wildman–Crippen MR) is 93.4 cm³/mol. The number of piperidine rings is 1. The van der Waals surface area contributed by atoms with Gasteiger partial charge in [0, 0.05) is 29.3 Å². The lowest BCUT2D eigenvalue weighted by Crippen LogP contribution is -2.39. The second kappa shape index (κ2) is 8.05. The van der Waals surface area contributed by atoms with Crippen molar-refractivity contribution in [1.82, 2.24) is 5.32 Å². The zero-order chi connectivity index (χ0) is 15.2. The van der Waals surface area contributed by atoms with Crippen LogP contribution in [0.4, 0.5) is 5.69 Å². The first-order valence-corrected chi connectivity index (χ1v) is 8.84. The summed E-state index contributed by atoms with van der Waals surface area (Å²) in [6, 6.07) is 7.62. The van der Waals surface area contributed by atoms with E-state index in [1.54, 1.807) is 0 Å². The fourth-order valence-electron chi connectivity index (χ4n) is 3.44. The Labute approximate surface area is 134 Å². The smallest absolute Gasteiger partial charge is 0.0474 e. The van der Waals surface area contributed by atoms with E-state index in [1.807, 2.05) is 0 Å². The first-order chi connectivity index (χ1) is 10.2. The third-order valence-corrected chi connectivity index (χ3v) is 4.87. The summed E-state index contributed by atoms with van der Waals surface area (Å²) in [5.74, 6) is 0. The molecule has 1 aromatic carbocycles. The summed E-state index contributed by atoms with van der Waals surface area (Å²) in [6.07, 6.45) is 6.52. The van der Waals surface area contributed by atoms with Gasteiger partial charge in [0.05, 0.1) is 0 Å². The lowest BCUT2D eigenvalue weighted by Gasteiger charge is -2.38. The number of hydrogen-bond donors (Lipinski definition) is 1. The van der Waals surface area contributed by atoms with Crippen molar-refractivity contribution < 1.29 is 0 Å². The summed E-state index contributed by atoms with van der Waals surface area (Å²) in [6.45, 7) is 8.71. The highest BCUT2D eigenvalue weighted by atomic mass is 35.5. The van der Waals surface area contributed by atoms with Crippen LogP contribution >= 0.6 is 11.6 Å². The largest absolute Gasteiger partial charge is 0.369 e. The summed E-state index contributed by atoms with van der Waals surface area (Å²) in [5, 5.41) is 4.32. The Morgan fingerprint density at radius 2 is 2.14 bits per heavy atom. The Bertz CT molecular complexity index is 445. The second-order valence-corrected chi connectivity index (χ2v) is 6.52. The van der Waals surface area contributed by atoms with Crippen molar-refractivity contribution in [2.24, 2.45) is 0 Å². The molecular formula is C18H29ClN2. The molecule has 0 aliphatic carbocycles. The first kappa shape index (κ1) is 16.6. The normalized spacial score (nSPS) is 20.6. The van der Waals surface area contributed by atoms with Gasteiger partial charge in [-0.3, -0.25) is 0 Å². The van der Waals surface area contributed by atoms with Crippen LogP contribution in [0.1, 0.15) is 64.5 Å². The maximum absolute atomic E-state index is 6.54. The Morgan fingerprint density at radius 3 is 2.81 bits per heavy atom. The predicted octanol–water partition coefficient (Wildman–Crippen LogP) is 5.17. The molecule has 3 heteroatoms. The van der Waals surface area contributed by atoms with E-state index in [1.165, 1.54) is 49.9 Å². The summed E-state index contributed by atoms with van der Waals surface area (Å²) < 4.78 is 0. The minimum atomic E-state index is 0.310. The number of nitrogens with one attached hydrogen (secondary N) is 1. The van der Waals surface area contributed by atoms with Gasteiger partial charge in [-0.1, -0.05) is 37.9 Å². The molecule has 1 saturated heterocycles. The number of rotatable bonds is 6. The molecule has 1 aliphatic heterocycles. The third-order valence-electron chi connectivity index (χ3n) is 4.54. The number of anilines is 1. The first-order valence-electron chi connectivity index (χ1n) is 8.46. The van der Waals surface area contributed by atoms with Crippen LogP contribution in [-0.2, 0) is 0 Å². The van der Waals surface area contributed by atoms with Crippen LogP contribution in [0.25, 0.3) is 0 Å². The van der Waals surface area contributed by atoms with E-state index in [-0.39, 0.29) is 0 Å². The molecule has 118 valence electrons. The lowest BCUT2D eigenvalue weighted by molar-refractivity contribution is 0.435. The minimum Gasteiger partial charge on any atom is -0.369 e. The van der Waals surface area contributed by atoms with Gasteiger partial charge in [-0.15, -0.1) is 0 Å². The van der Waals surface area contributed by atoms with Crippen molar-refractivity contribution in [3.63, 3.8) is 0 Å². The van der Waals surface area contributed by atoms with Crippen molar-refractivity contribution in [2.45, 2.75) is 65.0 Å². The summed E-state index contributed by atoms with van der Waals surface area (Å²) in [5.41, 5.74) is 2.50. The van der Waals surface area contributed by atoms with Crippen LogP contribution in [0, 0.1) is 0 Å². The average molecular weight is 309 g/mol. The summed E-state index contributed by atoms with van der Waals surface area (Å²) in [4.78, 5) is 2.57. The maximum Gasteiger partial charge on any atom is 0.0474 e. The zero-order valence-electron chi connectivity index (χ0n) is 13.7. The number of nitrogens with zero attached hydrogens (tertiary/aromatic N) is 1. The molecule has 21 heavy (non-hydrogen) atoms. The van der Waals surface area contributed by atoms with Crippen molar-refractivity contribution in [3.8, 4) is 0 Å². The van der Waals surface area contributed by atoms with Crippen LogP contribution in [0.2, 0.25) is 5.02 Å². The molecule has 0 spiro atoms. The van der Waals surface area contributed by atoms with E-state index in [0.29, 0.717) is 12.1 Å². The topological polar surface area (TPSA) is 15.3 Å². The molecule has 2 nitrogen and oxygen atoms in total. The number of hydrogen-bond acceptors (Lipinski definition) is 2. The molecule has 2 atom stereocenters. The third kappa shape index (κ3) is 4.14. The van der Waals surface area contributed by atoms with Gasteiger partial charge in [0.2, 0.25) is 0 Å². The Hall–Kier alpha value is -0.730. The molecule has 1 N–H and O–H groups in total. The molecule has 2 rings (SSSR count). The highest BCUT2D eigenvalue weighted by Gasteiger charge is 2.22. The molecule has 1 aliphatic rings. The van der Waals surface area contributed by atoms with Gasteiger partial charge in [-0.2, -0.15) is 0 Å². The van der Waals surface area contributed by atoms with Gasteiger partial charge in [-0.05, 0) is 56.8 Å². The molecule has 0 amide bonds. The molecule has 1 aromatic rings. The number of benzene rings is 1. The zero-order valence-corrected chi connectivity index (χ0v) is 14.4. The standard InChI is InChI=1S/C18H29ClN2/c1-4-8-15-9-6-7-12-21(15)16-10-11-17(18(19)13-16)14(3)20-5-2/h10-11,13-15,20H,4-9,12H2,1-3H3. The van der Waals surface area contributed by atoms with Gasteiger partial charge < -0.3 is 10.2 Å². The number of halogens is 1. The second-order valence-electron chi connectivity index (χ2n) is 6.12. The van der Waals surface area contributed by atoms with Crippen LogP contribution < -0.4 is 10.2 Å². The molecular weight excluding hydrogens is 280 g/mol. The van der Waals surface area contributed by atoms with E-state index >= 15 is 0 Å². The minimum absolute atomic E-state index is 0.310. The van der Waals surface area contributed by atoms with Crippen molar-refractivity contribution in [3.05, 3.63) is 28.8 Å². The highest BCUT2D eigenvalue weighted by molar-refractivity contribution is 6.31. The molecule has 1 fully saturated rings. The molecule has 0 radical (unpaired) electrons. The van der Waals surface area contributed by atoms with E-state index < -0.39 is 0 Å². The van der Waals surface area contributed by atoms with E-state index in [2.05, 4.69) is 49.2 Å². The van der Waals surface area contributed by atoms with Gasteiger partial charge in [0.15, 0.2) is 0 Å². The van der Waals surface area contributed by atoms with Crippen molar-refractivity contribution >= 4 is 17.3 Å². The van der Waals surface area contributed by atoms with E-state index in [9.17, 15) is 0 Å². The molecule has 1 heterocycles. The van der Waals surface area contributed by atoms with Crippen LogP contribution in [-0.4, -0.2) is 19.1 Å². The summed E-state index contributed by atoms with van der Waals surface area (Å²) in [7, 11) is 0. The fourth-order valence-corrected chi connectivity index (χ4v) is 3.77. The van der Waals surface area contributed by atoms with E-state index in [4.69, 9.17) is 11.6 Å². The molecule has 2 unspecified atom stereocenters.